The standard InChI is InChI=1S/C25H27BrClN3O4/c1-25(2,3)34-24(32)28-13-5-8-20(30-22(31)17-6-4-7-18(26)14-17)23-29-15-21(33-23)16-9-11-19(27)12-10-16/h4,6-7,9-12,14-15,20H,5,8,13H2,1-3H3,(H,28,32)(H,30,31)/t20-/m0/s1. The molecule has 2 amide bonds. The van der Waals surface area contributed by atoms with Crippen LogP contribution in [0.2, 0.25) is 5.02 Å². The first-order valence-electron chi connectivity index (χ1n) is 10.9. The highest BCUT2D eigenvalue weighted by Gasteiger charge is 2.22. The molecule has 1 heterocycles. The van der Waals surface area contributed by atoms with Crippen LogP contribution in [-0.4, -0.2) is 29.1 Å². The molecule has 1 aromatic heterocycles. The van der Waals surface area contributed by atoms with Crippen molar-refractivity contribution in [2.75, 3.05) is 6.54 Å². The lowest BCUT2D eigenvalue weighted by Gasteiger charge is -2.20. The summed E-state index contributed by atoms with van der Waals surface area (Å²) in [5.74, 6) is 0.698. The molecule has 0 saturated heterocycles. The van der Waals surface area contributed by atoms with Gasteiger partial charge in [0.1, 0.15) is 11.6 Å². The summed E-state index contributed by atoms with van der Waals surface area (Å²) < 4.78 is 12.1. The number of rotatable bonds is 8. The number of aromatic nitrogens is 1. The van der Waals surface area contributed by atoms with Crippen molar-refractivity contribution in [3.05, 3.63) is 75.7 Å². The van der Waals surface area contributed by atoms with E-state index < -0.39 is 17.7 Å². The zero-order valence-corrected chi connectivity index (χ0v) is 21.6. The number of oxazole rings is 1. The summed E-state index contributed by atoms with van der Waals surface area (Å²) in [4.78, 5) is 29.2. The van der Waals surface area contributed by atoms with Gasteiger partial charge in [0.25, 0.3) is 5.91 Å². The Labute approximate surface area is 212 Å². The Morgan fingerprint density at radius 2 is 1.91 bits per heavy atom. The van der Waals surface area contributed by atoms with Crippen LogP contribution in [0.25, 0.3) is 11.3 Å². The largest absolute Gasteiger partial charge is 0.444 e. The average molecular weight is 549 g/mol. The number of benzene rings is 2. The lowest BCUT2D eigenvalue weighted by atomic mass is 10.1. The van der Waals surface area contributed by atoms with E-state index in [0.717, 1.165) is 10.0 Å². The number of nitrogens with zero attached hydrogens (tertiary/aromatic N) is 1. The minimum absolute atomic E-state index is 0.252. The third kappa shape index (κ3) is 7.88. The van der Waals surface area contributed by atoms with Crippen molar-refractivity contribution in [3.63, 3.8) is 0 Å². The topological polar surface area (TPSA) is 93.5 Å². The second-order valence-corrected chi connectivity index (χ2v) is 10.0. The van der Waals surface area contributed by atoms with Crippen molar-refractivity contribution in [1.82, 2.24) is 15.6 Å². The predicted molar refractivity (Wildman–Crippen MR) is 135 cm³/mol. The Morgan fingerprint density at radius 1 is 1.18 bits per heavy atom. The van der Waals surface area contributed by atoms with Crippen LogP contribution in [0.1, 0.15) is 55.9 Å². The molecular weight excluding hydrogens is 522 g/mol. The summed E-state index contributed by atoms with van der Waals surface area (Å²) in [5, 5.41) is 6.35. The maximum atomic E-state index is 12.9. The Kier molecular flexibility index (Phi) is 8.74. The van der Waals surface area contributed by atoms with Gasteiger partial charge in [-0.3, -0.25) is 4.79 Å². The number of carbonyl (C=O) groups excluding carboxylic acids is 2. The molecule has 0 aliphatic heterocycles. The van der Waals surface area contributed by atoms with E-state index in [1.165, 1.54) is 0 Å². The molecule has 0 aliphatic carbocycles. The number of carbonyl (C=O) groups is 2. The average Bonchev–Trinajstić information content (AvgIpc) is 3.25. The quantitative estimate of drug-likeness (QED) is 0.312. The van der Waals surface area contributed by atoms with Gasteiger partial charge in [-0.05, 0) is 76.1 Å². The van der Waals surface area contributed by atoms with Gasteiger partial charge in [-0.15, -0.1) is 0 Å². The Balaban J connectivity index is 1.70. The molecule has 0 radical (unpaired) electrons. The third-order valence-electron chi connectivity index (χ3n) is 4.68. The van der Waals surface area contributed by atoms with Gasteiger partial charge >= 0.3 is 6.09 Å². The maximum absolute atomic E-state index is 12.9. The summed E-state index contributed by atoms with van der Waals surface area (Å²) in [6, 6.07) is 13.8. The lowest BCUT2D eigenvalue weighted by Crippen LogP contribution is -2.34. The molecule has 0 aliphatic rings. The van der Waals surface area contributed by atoms with Crippen LogP contribution >= 0.6 is 27.5 Å². The molecule has 3 rings (SSSR count). The van der Waals surface area contributed by atoms with Crippen molar-refractivity contribution < 1.29 is 18.7 Å². The Hall–Kier alpha value is -2.84. The fourth-order valence-electron chi connectivity index (χ4n) is 3.14. The second kappa shape index (κ2) is 11.5. The number of amides is 2. The van der Waals surface area contributed by atoms with Crippen LogP contribution in [0.15, 0.2) is 63.6 Å². The number of hydrogen-bond acceptors (Lipinski definition) is 5. The first kappa shape index (κ1) is 25.8. The molecule has 34 heavy (non-hydrogen) atoms. The van der Waals surface area contributed by atoms with Crippen molar-refractivity contribution in [2.24, 2.45) is 0 Å². The minimum Gasteiger partial charge on any atom is -0.444 e. The number of hydrogen-bond donors (Lipinski definition) is 2. The van der Waals surface area contributed by atoms with Crippen molar-refractivity contribution in [3.8, 4) is 11.3 Å². The molecular formula is C25H27BrClN3O4. The number of alkyl carbamates (subject to hydrolysis) is 1. The molecule has 0 fully saturated rings. The van der Waals surface area contributed by atoms with Crippen LogP contribution in [0.4, 0.5) is 4.79 Å². The van der Waals surface area contributed by atoms with Gasteiger partial charge in [-0.2, -0.15) is 0 Å². The molecule has 9 heteroatoms. The van der Waals surface area contributed by atoms with Crippen LogP contribution in [-0.2, 0) is 4.74 Å². The van der Waals surface area contributed by atoms with Crippen molar-refractivity contribution in [1.29, 1.82) is 0 Å². The van der Waals surface area contributed by atoms with Gasteiger partial charge in [0.15, 0.2) is 5.76 Å². The van der Waals surface area contributed by atoms with Crippen LogP contribution < -0.4 is 10.6 Å². The van der Waals surface area contributed by atoms with Crippen LogP contribution in [0, 0.1) is 0 Å². The van der Waals surface area contributed by atoms with Crippen molar-refractivity contribution >= 4 is 39.5 Å². The Bertz CT molecular complexity index is 1130. The number of halogens is 2. The van der Waals surface area contributed by atoms with Gasteiger partial charge in [0.05, 0.1) is 6.20 Å². The van der Waals surface area contributed by atoms with Gasteiger partial charge in [0.2, 0.25) is 5.89 Å². The van der Waals surface area contributed by atoms with E-state index >= 15 is 0 Å². The van der Waals surface area contributed by atoms with E-state index in [0.29, 0.717) is 41.6 Å². The monoisotopic (exact) mass is 547 g/mol. The highest BCUT2D eigenvalue weighted by atomic mass is 79.9. The normalized spacial score (nSPS) is 12.1. The summed E-state index contributed by atoms with van der Waals surface area (Å²) in [6.07, 6.45) is 2.20. The summed E-state index contributed by atoms with van der Waals surface area (Å²) in [5.41, 5.74) is 0.767. The Morgan fingerprint density at radius 3 is 2.59 bits per heavy atom. The minimum atomic E-state index is -0.569. The molecule has 180 valence electrons. The third-order valence-corrected chi connectivity index (χ3v) is 5.43. The lowest BCUT2D eigenvalue weighted by molar-refractivity contribution is 0.0525. The van der Waals surface area contributed by atoms with E-state index in [-0.39, 0.29) is 5.91 Å². The smallest absolute Gasteiger partial charge is 0.407 e. The van der Waals surface area contributed by atoms with E-state index in [4.69, 9.17) is 20.8 Å². The molecule has 3 aromatic rings. The van der Waals surface area contributed by atoms with Gasteiger partial charge in [0, 0.05) is 27.2 Å². The first-order valence-corrected chi connectivity index (χ1v) is 12.0. The van der Waals surface area contributed by atoms with Crippen LogP contribution in [0.5, 0.6) is 0 Å². The molecule has 0 saturated carbocycles. The van der Waals surface area contributed by atoms with Crippen LogP contribution in [0.3, 0.4) is 0 Å². The highest BCUT2D eigenvalue weighted by molar-refractivity contribution is 9.10. The van der Waals surface area contributed by atoms with Gasteiger partial charge in [-0.1, -0.05) is 33.6 Å². The second-order valence-electron chi connectivity index (χ2n) is 8.68. The van der Waals surface area contributed by atoms with E-state index in [1.54, 1.807) is 57.3 Å². The van der Waals surface area contributed by atoms with E-state index in [9.17, 15) is 9.59 Å². The molecule has 0 unspecified atom stereocenters. The predicted octanol–water partition coefficient (Wildman–Crippen LogP) is 6.53. The number of ether oxygens (including phenoxy) is 1. The molecule has 0 spiro atoms. The van der Waals surface area contributed by atoms with E-state index in [1.807, 2.05) is 18.2 Å². The SMILES string of the molecule is CC(C)(C)OC(=O)NCCC[C@H](NC(=O)c1cccc(Br)c1)c1ncc(-c2ccc(Cl)cc2)o1. The summed E-state index contributed by atoms with van der Waals surface area (Å²) in [6.45, 7) is 5.80. The van der Waals surface area contributed by atoms with E-state index in [2.05, 4.69) is 31.5 Å². The molecule has 0 bridgehead atoms. The van der Waals surface area contributed by atoms with Gasteiger partial charge < -0.3 is 19.8 Å². The summed E-state index contributed by atoms with van der Waals surface area (Å²) in [7, 11) is 0. The maximum Gasteiger partial charge on any atom is 0.407 e. The fraction of sp³-hybridized carbons (Fsp3) is 0.320. The molecule has 2 N–H and O–H groups in total. The summed E-state index contributed by atoms with van der Waals surface area (Å²) >= 11 is 9.36. The molecule has 1 atom stereocenters. The highest BCUT2D eigenvalue weighted by Crippen LogP contribution is 2.26. The number of nitrogens with one attached hydrogen (secondary N) is 2. The molecule has 7 nitrogen and oxygen atoms in total. The zero-order valence-electron chi connectivity index (χ0n) is 19.2. The van der Waals surface area contributed by atoms with Crippen molar-refractivity contribution in [2.45, 2.75) is 45.3 Å². The zero-order chi connectivity index (χ0) is 24.7. The fourth-order valence-corrected chi connectivity index (χ4v) is 3.66. The first-order chi connectivity index (χ1) is 16.1. The molecule has 2 aromatic carbocycles. The van der Waals surface area contributed by atoms with Gasteiger partial charge in [-0.25, -0.2) is 9.78 Å².